The third-order valence-electron chi connectivity index (χ3n) is 12.6. The lowest BCUT2D eigenvalue weighted by molar-refractivity contribution is -0.138. The Labute approximate surface area is 333 Å². The van der Waals surface area contributed by atoms with Crippen molar-refractivity contribution in [2.75, 3.05) is 17.4 Å². The van der Waals surface area contributed by atoms with Crippen LogP contribution in [0.1, 0.15) is 35.4 Å². The van der Waals surface area contributed by atoms with Gasteiger partial charge in [0.05, 0.1) is 41.7 Å². The zero-order chi connectivity index (χ0) is 39.9. The first-order valence-corrected chi connectivity index (χ1v) is 19.4. The number of carbonyl (C=O) groups excluding carboxylic acids is 4. The number of phenolic OH excluding ortho intramolecular Hbond substituents is 1. The number of carbonyl (C=O) groups is 4. The number of methoxy groups -OCH3 is 1. The van der Waals surface area contributed by atoms with Crippen LogP contribution >= 0.6 is 0 Å². The van der Waals surface area contributed by atoms with E-state index in [9.17, 15) is 19.5 Å². The van der Waals surface area contributed by atoms with Gasteiger partial charge >= 0.3 is 0 Å². The summed E-state index contributed by atoms with van der Waals surface area (Å²) in [6.07, 6.45) is 2.31. The van der Waals surface area contributed by atoms with Crippen molar-refractivity contribution in [3.05, 3.63) is 150 Å². The molecule has 2 saturated heterocycles. The molecule has 1 aromatic heterocycles. The summed E-state index contributed by atoms with van der Waals surface area (Å²) in [6.45, 7) is 1.95. The number of benzene rings is 5. The predicted octanol–water partition coefficient (Wildman–Crippen LogP) is 7.71. The summed E-state index contributed by atoms with van der Waals surface area (Å²) in [7, 11) is 1.50. The fraction of sp³-hybridized carbons (Fsp3) is 0.213. The Kier molecular flexibility index (Phi) is 8.12. The topological polar surface area (TPSA) is 142 Å². The molecule has 6 atom stereocenters. The van der Waals surface area contributed by atoms with E-state index in [0.717, 1.165) is 16.1 Å². The third-order valence-corrected chi connectivity index (χ3v) is 12.6. The summed E-state index contributed by atoms with van der Waals surface area (Å²) in [4.78, 5) is 65.4. The highest BCUT2D eigenvalue weighted by atomic mass is 16.5. The van der Waals surface area contributed by atoms with E-state index in [1.165, 1.54) is 12.0 Å². The maximum atomic E-state index is 15.4. The van der Waals surface area contributed by atoms with E-state index >= 15 is 4.79 Å². The van der Waals surface area contributed by atoms with Crippen molar-refractivity contribution in [3.63, 3.8) is 0 Å². The molecule has 11 nitrogen and oxygen atoms in total. The number of phenols is 1. The summed E-state index contributed by atoms with van der Waals surface area (Å²) in [5, 5.41) is 12.9. The van der Waals surface area contributed by atoms with Crippen molar-refractivity contribution in [1.29, 1.82) is 0 Å². The Morgan fingerprint density at radius 1 is 0.810 bits per heavy atom. The summed E-state index contributed by atoms with van der Waals surface area (Å²) in [5.74, 6) is -5.05. The van der Waals surface area contributed by atoms with Crippen LogP contribution in [0.25, 0.3) is 22.6 Å². The van der Waals surface area contributed by atoms with Gasteiger partial charge in [-0.3, -0.25) is 29.5 Å². The number of anilines is 2. The minimum Gasteiger partial charge on any atom is -0.508 e. The van der Waals surface area contributed by atoms with Gasteiger partial charge in [-0.05, 0) is 91.9 Å². The van der Waals surface area contributed by atoms with E-state index in [4.69, 9.17) is 9.15 Å². The zero-order valence-electron chi connectivity index (χ0n) is 31.7. The first-order valence-electron chi connectivity index (χ1n) is 19.4. The van der Waals surface area contributed by atoms with Gasteiger partial charge in [-0.15, -0.1) is 0 Å². The second-order valence-electron chi connectivity index (χ2n) is 15.5. The monoisotopic (exact) mass is 770 g/mol. The molecule has 6 aromatic rings. The number of allylic oxidation sites excluding steroid dienone is 2. The Bertz CT molecular complexity index is 2660. The fourth-order valence-corrected chi connectivity index (χ4v) is 10.1. The van der Waals surface area contributed by atoms with Crippen LogP contribution in [0, 0.1) is 30.6 Å². The molecular formula is C47H38N4O7. The first-order chi connectivity index (χ1) is 28.2. The normalized spacial score (nSPS) is 25.1. The van der Waals surface area contributed by atoms with E-state index < -0.39 is 46.8 Å². The van der Waals surface area contributed by atoms with Crippen molar-refractivity contribution in [2.45, 2.75) is 31.1 Å². The minimum absolute atomic E-state index is 0.109. The van der Waals surface area contributed by atoms with Crippen molar-refractivity contribution in [2.24, 2.45) is 23.7 Å². The van der Waals surface area contributed by atoms with Gasteiger partial charge in [-0.25, -0.2) is 4.98 Å². The van der Waals surface area contributed by atoms with E-state index in [2.05, 4.69) is 10.4 Å². The zero-order valence-corrected chi connectivity index (χ0v) is 31.7. The average molecular weight is 771 g/mol. The summed E-state index contributed by atoms with van der Waals surface area (Å²) < 4.78 is 11.8. The number of nitrogens with one attached hydrogen (secondary N) is 1. The standard InChI is InChI=1S/C47H38N4O7/c1-26-15-19-29(20-16-26)49-51-44(54)34-25-33-31(41(40-36(52)12-8-14-38(40)57-2)47(34,46(51)56)28-9-4-3-5-10-28)23-24-32-39(33)45(55)50(43(32)53)30-21-17-27(18-22-30)42-48-35-11-6-7-13-37(35)58-42/h3-23,32-34,39,41,49,52H,24-25H2,1-2H3/t32-,33+,34-,39-,41+,47+/m0/s1. The quantitative estimate of drug-likeness (QED) is 0.123. The minimum atomic E-state index is -1.55. The maximum absolute atomic E-state index is 15.4. The van der Waals surface area contributed by atoms with E-state index in [0.29, 0.717) is 50.9 Å². The van der Waals surface area contributed by atoms with Crippen molar-refractivity contribution >= 4 is 46.1 Å². The molecule has 288 valence electrons. The van der Waals surface area contributed by atoms with Crippen LogP contribution in [0.4, 0.5) is 11.4 Å². The molecular weight excluding hydrogens is 733 g/mol. The number of hydrogen-bond acceptors (Lipinski definition) is 9. The van der Waals surface area contributed by atoms with Gasteiger partial charge in [0.2, 0.25) is 17.7 Å². The number of aryl methyl sites for hydroxylation is 1. The Balaban J connectivity index is 1.09. The summed E-state index contributed by atoms with van der Waals surface area (Å²) in [6, 6.07) is 36.0. The molecule has 2 N–H and O–H groups in total. The van der Waals surface area contributed by atoms with Gasteiger partial charge in [0.15, 0.2) is 5.58 Å². The third kappa shape index (κ3) is 5.08. The van der Waals surface area contributed by atoms with Crippen molar-refractivity contribution in [1.82, 2.24) is 9.99 Å². The second-order valence-corrected chi connectivity index (χ2v) is 15.5. The molecule has 1 saturated carbocycles. The van der Waals surface area contributed by atoms with Gasteiger partial charge in [0.25, 0.3) is 11.8 Å². The number of aromatic nitrogens is 1. The number of hydrazine groups is 1. The number of rotatable bonds is 7. The lowest BCUT2D eigenvalue weighted by Gasteiger charge is -2.50. The number of para-hydroxylation sites is 2. The van der Waals surface area contributed by atoms with Crippen LogP contribution in [0.15, 0.2) is 137 Å². The first kappa shape index (κ1) is 35.4. The largest absolute Gasteiger partial charge is 0.508 e. The lowest BCUT2D eigenvalue weighted by atomic mass is 9.49. The van der Waals surface area contributed by atoms with E-state index in [1.54, 1.807) is 54.6 Å². The molecule has 4 aliphatic rings. The molecule has 2 aliphatic heterocycles. The highest BCUT2D eigenvalue weighted by Gasteiger charge is 2.71. The Morgan fingerprint density at radius 3 is 2.29 bits per heavy atom. The molecule has 3 fully saturated rings. The second kappa shape index (κ2) is 13.3. The van der Waals surface area contributed by atoms with Crippen LogP contribution in [-0.4, -0.2) is 45.8 Å². The number of aromatic hydroxyl groups is 1. The number of hydrogen-bond donors (Lipinski definition) is 2. The number of imide groups is 2. The fourth-order valence-electron chi connectivity index (χ4n) is 10.1. The number of nitrogens with zero attached hydrogens (tertiary/aromatic N) is 3. The molecule has 4 amide bonds. The van der Waals surface area contributed by atoms with Gasteiger partial charge < -0.3 is 14.3 Å². The molecule has 11 heteroatoms. The van der Waals surface area contributed by atoms with Gasteiger partial charge in [-0.2, -0.15) is 5.01 Å². The van der Waals surface area contributed by atoms with Crippen molar-refractivity contribution in [3.8, 4) is 23.0 Å². The molecule has 0 radical (unpaired) electrons. The maximum Gasteiger partial charge on any atom is 0.260 e. The van der Waals surface area contributed by atoms with Crippen LogP contribution in [0.5, 0.6) is 11.5 Å². The average Bonchev–Trinajstić information content (AvgIpc) is 3.86. The van der Waals surface area contributed by atoms with Crippen LogP contribution < -0.4 is 15.1 Å². The molecule has 0 spiro atoms. The number of amides is 4. The molecule has 3 heterocycles. The Morgan fingerprint density at radius 2 is 1.55 bits per heavy atom. The van der Waals surface area contributed by atoms with Crippen LogP contribution in [-0.2, 0) is 24.6 Å². The number of oxazole rings is 1. The lowest BCUT2D eigenvalue weighted by Crippen LogP contribution is -2.53. The molecule has 2 aliphatic carbocycles. The highest BCUT2D eigenvalue weighted by molar-refractivity contribution is 6.22. The molecule has 0 unspecified atom stereocenters. The smallest absolute Gasteiger partial charge is 0.260 e. The SMILES string of the molecule is COc1cccc(O)c1[C@H]1C2=CC[C@@H]3C(=O)N(c4ccc(-c5nc6ccccc6o5)cc4)C(=O)[C@@H]3[C@@H]2C[C@H]2C(=O)N(Nc3ccc(C)cc3)C(=O)[C@@]12c1ccccc1. The van der Waals surface area contributed by atoms with Gasteiger partial charge in [0.1, 0.15) is 17.0 Å². The highest BCUT2D eigenvalue weighted by Crippen LogP contribution is 2.66. The van der Waals surface area contributed by atoms with Gasteiger partial charge in [-0.1, -0.05) is 77.9 Å². The van der Waals surface area contributed by atoms with Gasteiger partial charge in [0, 0.05) is 17.0 Å². The molecule has 10 rings (SSSR count). The van der Waals surface area contributed by atoms with Crippen LogP contribution in [0.3, 0.4) is 0 Å². The molecule has 5 aromatic carbocycles. The number of fused-ring (bicyclic) bond motifs is 5. The predicted molar refractivity (Wildman–Crippen MR) is 215 cm³/mol. The molecule has 0 bridgehead atoms. The summed E-state index contributed by atoms with van der Waals surface area (Å²) in [5.41, 5.74) is 7.26. The Hall–Kier alpha value is -7.01. The van der Waals surface area contributed by atoms with Crippen molar-refractivity contribution < 1.29 is 33.4 Å². The van der Waals surface area contributed by atoms with Crippen LogP contribution in [0.2, 0.25) is 0 Å². The molecule has 58 heavy (non-hydrogen) atoms. The number of ether oxygens (including phenoxy) is 1. The van der Waals surface area contributed by atoms with E-state index in [1.807, 2.05) is 79.7 Å². The van der Waals surface area contributed by atoms with E-state index in [-0.39, 0.29) is 30.4 Å². The summed E-state index contributed by atoms with van der Waals surface area (Å²) >= 11 is 0.